The molecule has 0 aliphatic carbocycles. The topological polar surface area (TPSA) is 88.4 Å². The van der Waals surface area contributed by atoms with Crippen LogP contribution in [-0.4, -0.2) is 25.1 Å². The Morgan fingerprint density at radius 2 is 1.92 bits per heavy atom. The van der Waals surface area contributed by atoms with Crippen molar-refractivity contribution in [2.45, 2.75) is 19.4 Å². The summed E-state index contributed by atoms with van der Waals surface area (Å²) in [5.74, 6) is -0.263. The molecule has 2 rings (SSSR count). The SMILES string of the molecule is COc1ccc(CC(=O)O[C@@H](C)C(=O)Nc2cccc(C#N)c2)cc1. The molecule has 2 aromatic carbocycles. The van der Waals surface area contributed by atoms with Crippen molar-refractivity contribution in [1.29, 1.82) is 5.26 Å². The van der Waals surface area contributed by atoms with Crippen LogP contribution < -0.4 is 10.1 Å². The van der Waals surface area contributed by atoms with Crippen LogP contribution in [0.4, 0.5) is 5.69 Å². The smallest absolute Gasteiger partial charge is 0.311 e. The molecule has 0 saturated carbocycles. The molecule has 0 unspecified atom stereocenters. The van der Waals surface area contributed by atoms with Crippen molar-refractivity contribution in [2.24, 2.45) is 0 Å². The monoisotopic (exact) mass is 338 g/mol. The van der Waals surface area contributed by atoms with Gasteiger partial charge in [0, 0.05) is 5.69 Å². The van der Waals surface area contributed by atoms with E-state index in [9.17, 15) is 9.59 Å². The molecule has 6 heteroatoms. The number of hydrogen-bond donors (Lipinski definition) is 1. The Balaban J connectivity index is 1.88. The first-order valence-corrected chi connectivity index (χ1v) is 7.65. The number of hydrogen-bond acceptors (Lipinski definition) is 5. The number of methoxy groups -OCH3 is 1. The van der Waals surface area contributed by atoms with Gasteiger partial charge in [-0.1, -0.05) is 18.2 Å². The number of carbonyl (C=O) groups excluding carboxylic acids is 2. The van der Waals surface area contributed by atoms with E-state index in [4.69, 9.17) is 14.7 Å². The highest BCUT2D eigenvalue weighted by Gasteiger charge is 2.18. The van der Waals surface area contributed by atoms with Gasteiger partial charge >= 0.3 is 5.97 Å². The number of nitriles is 1. The first-order chi connectivity index (χ1) is 12.0. The summed E-state index contributed by atoms with van der Waals surface area (Å²) >= 11 is 0. The second kappa shape index (κ2) is 8.50. The summed E-state index contributed by atoms with van der Waals surface area (Å²) in [4.78, 5) is 24.1. The Morgan fingerprint density at radius 1 is 1.20 bits per heavy atom. The zero-order chi connectivity index (χ0) is 18.2. The van der Waals surface area contributed by atoms with Crippen LogP contribution in [0.15, 0.2) is 48.5 Å². The lowest BCUT2D eigenvalue weighted by Gasteiger charge is -2.14. The Labute approximate surface area is 146 Å². The second-order valence-electron chi connectivity index (χ2n) is 5.34. The maximum atomic E-state index is 12.1. The molecule has 1 N–H and O–H groups in total. The minimum absolute atomic E-state index is 0.0610. The van der Waals surface area contributed by atoms with Gasteiger partial charge in [-0.15, -0.1) is 0 Å². The molecule has 25 heavy (non-hydrogen) atoms. The fourth-order valence-corrected chi connectivity index (χ4v) is 2.11. The Morgan fingerprint density at radius 3 is 2.56 bits per heavy atom. The summed E-state index contributed by atoms with van der Waals surface area (Å²) in [5.41, 5.74) is 1.67. The molecule has 2 aromatic rings. The molecule has 6 nitrogen and oxygen atoms in total. The molecule has 0 aliphatic rings. The summed E-state index contributed by atoms with van der Waals surface area (Å²) in [6.07, 6.45) is -0.887. The molecule has 1 atom stereocenters. The van der Waals surface area contributed by atoms with E-state index in [-0.39, 0.29) is 6.42 Å². The summed E-state index contributed by atoms with van der Waals surface area (Å²) < 4.78 is 10.2. The van der Waals surface area contributed by atoms with E-state index >= 15 is 0 Å². The third-order valence-corrected chi connectivity index (χ3v) is 3.44. The summed E-state index contributed by atoms with van der Waals surface area (Å²) in [6.45, 7) is 1.50. The van der Waals surface area contributed by atoms with E-state index in [1.807, 2.05) is 6.07 Å². The minimum Gasteiger partial charge on any atom is -0.497 e. The molecule has 0 bridgehead atoms. The fraction of sp³-hybridized carbons (Fsp3) is 0.211. The van der Waals surface area contributed by atoms with E-state index in [0.717, 1.165) is 5.56 Å². The standard InChI is InChI=1S/C19H18N2O4/c1-13(19(23)21-16-5-3-4-15(10-16)12-20)25-18(22)11-14-6-8-17(24-2)9-7-14/h3-10,13H,11H2,1-2H3,(H,21,23)/t13-/m0/s1. The lowest BCUT2D eigenvalue weighted by atomic mass is 10.1. The first-order valence-electron chi connectivity index (χ1n) is 7.65. The van der Waals surface area contributed by atoms with E-state index in [1.165, 1.54) is 6.92 Å². The van der Waals surface area contributed by atoms with Crippen LogP contribution in [0.25, 0.3) is 0 Å². The van der Waals surface area contributed by atoms with Gasteiger partial charge in [0.05, 0.1) is 25.2 Å². The normalized spacial score (nSPS) is 11.1. The van der Waals surface area contributed by atoms with Gasteiger partial charge in [0.25, 0.3) is 5.91 Å². The first kappa shape index (κ1) is 18.0. The molecule has 0 aliphatic heterocycles. The Bertz CT molecular complexity index is 794. The zero-order valence-corrected chi connectivity index (χ0v) is 14.0. The van der Waals surface area contributed by atoms with Crippen LogP contribution >= 0.6 is 0 Å². The van der Waals surface area contributed by atoms with Crippen molar-refractivity contribution >= 4 is 17.6 Å². The lowest BCUT2D eigenvalue weighted by molar-refractivity contribution is -0.152. The summed E-state index contributed by atoms with van der Waals surface area (Å²) in [5, 5.41) is 11.5. The van der Waals surface area contributed by atoms with Crippen molar-refractivity contribution in [3.8, 4) is 11.8 Å². The molecule has 1 amide bonds. The van der Waals surface area contributed by atoms with Crippen molar-refractivity contribution in [3.05, 3.63) is 59.7 Å². The molecule has 0 aromatic heterocycles. The highest BCUT2D eigenvalue weighted by molar-refractivity contribution is 5.95. The largest absolute Gasteiger partial charge is 0.497 e. The predicted octanol–water partition coefficient (Wildman–Crippen LogP) is 2.68. The fourth-order valence-electron chi connectivity index (χ4n) is 2.11. The van der Waals surface area contributed by atoms with Gasteiger partial charge < -0.3 is 14.8 Å². The average Bonchev–Trinajstić information content (AvgIpc) is 2.62. The zero-order valence-electron chi connectivity index (χ0n) is 14.0. The molecular weight excluding hydrogens is 320 g/mol. The third kappa shape index (κ3) is 5.36. The molecule has 128 valence electrons. The van der Waals surface area contributed by atoms with Crippen LogP contribution in [-0.2, 0) is 20.7 Å². The van der Waals surface area contributed by atoms with Gasteiger partial charge in [-0.25, -0.2) is 0 Å². The van der Waals surface area contributed by atoms with Gasteiger partial charge in [-0.3, -0.25) is 9.59 Å². The molecule has 0 fully saturated rings. The van der Waals surface area contributed by atoms with Crippen molar-refractivity contribution < 1.29 is 19.1 Å². The molecule has 0 saturated heterocycles. The van der Waals surface area contributed by atoms with Crippen LogP contribution in [0.2, 0.25) is 0 Å². The summed E-state index contributed by atoms with van der Waals surface area (Å²) in [7, 11) is 1.57. The maximum absolute atomic E-state index is 12.1. The van der Waals surface area contributed by atoms with Gasteiger partial charge in [-0.2, -0.15) is 5.26 Å². The van der Waals surface area contributed by atoms with Gasteiger partial charge in [0.2, 0.25) is 0 Å². The number of ether oxygens (including phenoxy) is 2. The predicted molar refractivity (Wildman–Crippen MR) is 92.0 cm³/mol. The van der Waals surface area contributed by atoms with E-state index in [0.29, 0.717) is 17.0 Å². The van der Waals surface area contributed by atoms with Crippen LogP contribution in [0.1, 0.15) is 18.1 Å². The number of anilines is 1. The number of esters is 1. The molecule has 0 radical (unpaired) electrons. The number of nitrogens with zero attached hydrogens (tertiary/aromatic N) is 1. The summed E-state index contributed by atoms with van der Waals surface area (Å²) in [6, 6.07) is 15.5. The quantitative estimate of drug-likeness (QED) is 0.818. The molecular formula is C19H18N2O4. The number of nitrogens with one attached hydrogen (secondary N) is 1. The third-order valence-electron chi connectivity index (χ3n) is 3.44. The molecule has 0 heterocycles. The number of carbonyl (C=O) groups is 2. The Hall–Kier alpha value is -3.33. The maximum Gasteiger partial charge on any atom is 0.311 e. The second-order valence-corrected chi connectivity index (χ2v) is 5.34. The lowest BCUT2D eigenvalue weighted by Crippen LogP contribution is -2.30. The van der Waals surface area contributed by atoms with Gasteiger partial charge in [-0.05, 0) is 42.8 Å². The molecule has 0 spiro atoms. The van der Waals surface area contributed by atoms with E-state index in [2.05, 4.69) is 5.32 Å². The van der Waals surface area contributed by atoms with E-state index < -0.39 is 18.0 Å². The van der Waals surface area contributed by atoms with Crippen molar-refractivity contribution in [3.63, 3.8) is 0 Å². The van der Waals surface area contributed by atoms with Gasteiger partial charge in [0.1, 0.15) is 5.75 Å². The van der Waals surface area contributed by atoms with Crippen molar-refractivity contribution in [1.82, 2.24) is 0 Å². The van der Waals surface area contributed by atoms with Crippen molar-refractivity contribution in [2.75, 3.05) is 12.4 Å². The van der Waals surface area contributed by atoms with E-state index in [1.54, 1.807) is 55.6 Å². The average molecular weight is 338 g/mol. The highest BCUT2D eigenvalue weighted by atomic mass is 16.5. The highest BCUT2D eigenvalue weighted by Crippen LogP contribution is 2.13. The number of benzene rings is 2. The Kier molecular flexibility index (Phi) is 6.13. The van der Waals surface area contributed by atoms with Gasteiger partial charge in [0.15, 0.2) is 6.10 Å². The van der Waals surface area contributed by atoms with Crippen LogP contribution in [0.5, 0.6) is 5.75 Å². The van der Waals surface area contributed by atoms with Crippen LogP contribution in [0.3, 0.4) is 0 Å². The number of rotatable bonds is 6. The number of amides is 1. The minimum atomic E-state index is -0.948. The van der Waals surface area contributed by atoms with Crippen LogP contribution in [0, 0.1) is 11.3 Å².